The number of nitrogens with zero attached hydrogens (tertiary/aromatic N) is 3. The van der Waals surface area contributed by atoms with Gasteiger partial charge in [-0.25, -0.2) is 9.67 Å². The third-order valence-electron chi connectivity index (χ3n) is 2.37. The maximum absolute atomic E-state index is 6.00. The first kappa shape index (κ1) is 7.73. The van der Waals surface area contributed by atoms with Crippen LogP contribution in [0.4, 0.5) is 0 Å². The molecule has 1 fully saturated rings. The van der Waals surface area contributed by atoms with Crippen LogP contribution in [-0.2, 0) is 6.54 Å². The quantitative estimate of drug-likeness (QED) is 0.719. The van der Waals surface area contributed by atoms with Crippen LogP contribution in [0.5, 0.6) is 0 Å². The second kappa shape index (κ2) is 2.86. The Morgan fingerprint density at radius 1 is 1.75 bits per heavy atom. The van der Waals surface area contributed by atoms with Crippen molar-refractivity contribution in [3.8, 4) is 0 Å². The zero-order valence-electron chi connectivity index (χ0n) is 7.27. The molecular formula is C8H14N4. The summed E-state index contributed by atoms with van der Waals surface area (Å²) in [5, 5.41) is 4.09. The average molecular weight is 166 g/mol. The summed E-state index contributed by atoms with van der Waals surface area (Å²) in [6, 6.07) is 0.104. The van der Waals surface area contributed by atoms with Crippen LogP contribution < -0.4 is 5.73 Å². The first-order chi connectivity index (χ1) is 5.83. The van der Waals surface area contributed by atoms with Gasteiger partial charge in [0.15, 0.2) is 0 Å². The van der Waals surface area contributed by atoms with Crippen LogP contribution in [0.2, 0.25) is 0 Å². The smallest absolute Gasteiger partial charge is 0.144 e. The van der Waals surface area contributed by atoms with E-state index in [1.807, 2.05) is 4.68 Å². The highest BCUT2D eigenvalue weighted by atomic mass is 15.3. The van der Waals surface area contributed by atoms with Crippen LogP contribution in [-0.4, -0.2) is 14.8 Å². The minimum absolute atomic E-state index is 0.104. The van der Waals surface area contributed by atoms with Gasteiger partial charge in [-0.1, -0.05) is 0 Å². The molecule has 0 amide bonds. The van der Waals surface area contributed by atoms with E-state index >= 15 is 0 Å². The lowest BCUT2D eigenvalue weighted by atomic mass is 10.2. The lowest BCUT2D eigenvalue weighted by Gasteiger charge is -2.09. The van der Waals surface area contributed by atoms with Crippen molar-refractivity contribution in [3.63, 3.8) is 0 Å². The molecule has 0 unspecified atom stereocenters. The third-order valence-corrected chi connectivity index (χ3v) is 2.37. The molecule has 1 aromatic rings. The molecule has 1 saturated carbocycles. The molecule has 4 nitrogen and oxygen atoms in total. The number of nitrogens with two attached hydrogens (primary N) is 1. The highest BCUT2D eigenvalue weighted by Crippen LogP contribution is 2.38. The molecular weight excluding hydrogens is 152 g/mol. The highest BCUT2D eigenvalue weighted by molar-refractivity contribution is 5.00. The molecule has 1 heterocycles. The maximum atomic E-state index is 6.00. The van der Waals surface area contributed by atoms with E-state index in [-0.39, 0.29) is 6.04 Å². The van der Waals surface area contributed by atoms with E-state index in [2.05, 4.69) is 17.0 Å². The molecule has 0 aliphatic heterocycles. The van der Waals surface area contributed by atoms with Crippen molar-refractivity contribution in [2.75, 3.05) is 0 Å². The van der Waals surface area contributed by atoms with E-state index in [4.69, 9.17) is 5.73 Å². The molecule has 1 atom stereocenters. The van der Waals surface area contributed by atoms with Gasteiger partial charge < -0.3 is 5.73 Å². The fourth-order valence-corrected chi connectivity index (χ4v) is 1.44. The predicted octanol–water partition coefficient (Wildman–Crippen LogP) is 0.708. The number of aromatic nitrogens is 3. The molecule has 0 bridgehead atoms. The highest BCUT2D eigenvalue weighted by Gasteiger charge is 2.32. The summed E-state index contributed by atoms with van der Waals surface area (Å²) in [7, 11) is 0. The molecule has 1 aromatic heterocycles. The molecule has 1 aliphatic rings. The Labute approximate surface area is 71.8 Å². The van der Waals surface area contributed by atoms with Crippen LogP contribution in [0.25, 0.3) is 0 Å². The Kier molecular flexibility index (Phi) is 1.84. The van der Waals surface area contributed by atoms with E-state index in [0.29, 0.717) is 5.92 Å². The van der Waals surface area contributed by atoms with E-state index in [1.165, 1.54) is 12.8 Å². The minimum atomic E-state index is 0.104. The zero-order chi connectivity index (χ0) is 8.55. The molecule has 4 heteroatoms. The van der Waals surface area contributed by atoms with Crippen LogP contribution in [0, 0.1) is 5.92 Å². The fraction of sp³-hybridized carbons (Fsp3) is 0.750. The van der Waals surface area contributed by atoms with E-state index in [9.17, 15) is 0 Å². The van der Waals surface area contributed by atoms with Crippen LogP contribution in [0.3, 0.4) is 0 Å². The van der Waals surface area contributed by atoms with E-state index in [1.54, 1.807) is 6.33 Å². The summed E-state index contributed by atoms with van der Waals surface area (Å²) in [5.74, 6) is 1.60. The second-order valence-electron chi connectivity index (χ2n) is 3.30. The average Bonchev–Trinajstić information content (AvgIpc) is 2.82. The largest absolute Gasteiger partial charge is 0.321 e. The third kappa shape index (κ3) is 1.22. The number of hydrogen-bond donors (Lipinski definition) is 1. The van der Waals surface area contributed by atoms with Gasteiger partial charge in [0.25, 0.3) is 0 Å². The summed E-state index contributed by atoms with van der Waals surface area (Å²) in [5.41, 5.74) is 6.00. The normalized spacial score (nSPS) is 19.5. The summed E-state index contributed by atoms with van der Waals surface area (Å²) in [6.07, 6.45) is 4.08. The van der Waals surface area contributed by atoms with Crippen molar-refractivity contribution in [2.24, 2.45) is 11.7 Å². The van der Waals surface area contributed by atoms with Gasteiger partial charge in [0.2, 0.25) is 0 Å². The van der Waals surface area contributed by atoms with Gasteiger partial charge in [0.05, 0.1) is 6.04 Å². The van der Waals surface area contributed by atoms with Gasteiger partial charge in [-0.2, -0.15) is 5.10 Å². The minimum Gasteiger partial charge on any atom is -0.321 e. The molecule has 12 heavy (non-hydrogen) atoms. The molecule has 0 saturated heterocycles. The molecule has 2 rings (SSSR count). The van der Waals surface area contributed by atoms with E-state index < -0.39 is 0 Å². The van der Waals surface area contributed by atoms with Gasteiger partial charge in [0.1, 0.15) is 12.2 Å². The molecule has 66 valence electrons. The Morgan fingerprint density at radius 2 is 2.50 bits per heavy atom. The van der Waals surface area contributed by atoms with E-state index in [0.717, 1.165) is 12.4 Å². The van der Waals surface area contributed by atoms with Gasteiger partial charge in [-0.05, 0) is 25.7 Å². The molecule has 0 spiro atoms. The molecule has 0 radical (unpaired) electrons. The van der Waals surface area contributed by atoms with Crippen molar-refractivity contribution in [1.82, 2.24) is 14.8 Å². The predicted molar refractivity (Wildman–Crippen MR) is 45.3 cm³/mol. The SMILES string of the molecule is CCn1ncnc1[C@H](N)C1CC1. The van der Waals surface area contributed by atoms with Crippen LogP contribution >= 0.6 is 0 Å². The van der Waals surface area contributed by atoms with Crippen molar-refractivity contribution < 1.29 is 0 Å². The monoisotopic (exact) mass is 166 g/mol. The Hall–Kier alpha value is -0.900. The lowest BCUT2D eigenvalue weighted by molar-refractivity contribution is 0.522. The standard InChI is InChI=1S/C8H14N4/c1-2-12-8(10-5-11-12)7(9)6-3-4-6/h5-7H,2-4,9H2,1H3/t7-/m1/s1. The van der Waals surface area contributed by atoms with Crippen molar-refractivity contribution in [1.29, 1.82) is 0 Å². The topological polar surface area (TPSA) is 56.7 Å². The molecule has 2 N–H and O–H groups in total. The van der Waals surface area contributed by atoms with Crippen molar-refractivity contribution in [2.45, 2.75) is 32.4 Å². The summed E-state index contributed by atoms with van der Waals surface area (Å²) < 4.78 is 1.88. The first-order valence-corrected chi connectivity index (χ1v) is 4.46. The zero-order valence-corrected chi connectivity index (χ0v) is 7.27. The van der Waals surface area contributed by atoms with Crippen molar-refractivity contribution >= 4 is 0 Å². The van der Waals surface area contributed by atoms with Crippen LogP contribution in [0.1, 0.15) is 31.6 Å². The number of aryl methyl sites for hydroxylation is 1. The van der Waals surface area contributed by atoms with Gasteiger partial charge in [-0.3, -0.25) is 0 Å². The number of rotatable bonds is 3. The van der Waals surface area contributed by atoms with Crippen molar-refractivity contribution in [3.05, 3.63) is 12.2 Å². The lowest BCUT2D eigenvalue weighted by Crippen LogP contribution is -2.18. The fourth-order valence-electron chi connectivity index (χ4n) is 1.44. The van der Waals surface area contributed by atoms with Gasteiger partial charge >= 0.3 is 0 Å². The first-order valence-electron chi connectivity index (χ1n) is 4.46. The maximum Gasteiger partial charge on any atom is 0.144 e. The molecule has 1 aliphatic carbocycles. The van der Waals surface area contributed by atoms with Gasteiger partial charge in [0, 0.05) is 6.54 Å². The summed E-state index contributed by atoms with van der Waals surface area (Å²) in [4.78, 5) is 4.18. The molecule has 0 aromatic carbocycles. The van der Waals surface area contributed by atoms with Crippen LogP contribution in [0.15, 0.2) is 6.33 Å². The second-order valence-corrected chi connectivity index (χ2v) is 3.30. The summed E-state index contributed by atoms with van der Waals surface area (Å²) >= 11 is 0. The Balaban J connectivity index is 2.19. The number of hydrogen-bond acceptors (Lipinski definition) is 3. The van der Waals surface area contributed by atoms with Gasteiger partial charge in [-0.15, -0.1) is 0 Å². The Bertz CT molecular complexity index is 264. The Morgan fingerprint density at radius 3 is 3.08 bits per heavy atom. The summed E-state index contributed by atoms with van der Waals surface area (Å²) in [6.45, 7) is 2.91.